The number of unbranched alkanes of at least 4 members (excludes halogenated alkanes) is 2. The Balaban J connectivity index is 1.62. The SMILES string of the molecule is C=CCCCCN(C)C(=O)C(CCC(=O)O)NC(=O)OCC1c2ccccc2-c2ccccc21. The monoisotopic (exact) mass is 464 g/mol. The van der Waals surface area contributed by atoms with Crippen LogP contribution in [0, 0.1) is 0 Å². The van der Waals surface area contributed by atoms with E-state index in [0.717, 1.165) is 41.5 Å². The molecule has 0 radical (unpaired) electrons. The molecule has 2 N–H and O–H groups in total. The zero-order chi connectivity index (χ0) is 24.5. The number of carboxylic acids is 1. The smallest absolute Gasteiger partial charge is 0.407 e. The molecule has 0 saturated carbocycles. The molecular weight excluding hydrogens is 432 g/mol. The highest BCUT2D eigenvalue weighted by atomic mass is 16.5. The van der Waals surface area contributed by atoms with Gasteiger partial charge in [-0.05, 0) is 47.9 Å². The van der Waals surface area contributed by atoms with Crippen LogP contribution in [0.3, 0.4) is 0 Å². The van der Waals surface area contributed by atoms with Gasteiger partial charge in [-0.1, -0.05) is 54.6 Å². The number of carbonyl (C=O) groups is 3. The number of amides is 2. The van der Waals surface area contributed by atoms with E-state index in [1.807, 2.05) is 42.5 Å². The van der Waals surface area contributed by atoms with Gasteiger partial charge < -0.3 is 20.1 Å². The maximum atomic E-state index is 12.9. The Hall–Kier alpha value is -3.61. The molecule has 34 heavy (non-hydrogen) atoms. The van der Waals surface area contributed by atoms with E-state index in [1.54, 1.807) is 7.05 Å². The first kappa shape index (κ1) is 25.0. The number of nitrogens with zero attached hydrogens (tertiary/aromatic N) is 1. The van der Waals surface area contributed by atoms with Crippen molar-refractivity contribution in [2.45, 2.75) is 44.1 Å². The van der Waals surface area contributed by atoms with Crippen molar-refractivity contribution in [3.05, 3.63) is 72.3 Å². The lowest BCUT2D eigenvalue weighted by Crippen LogP contribution is -2.48. The first-order chi connectivity index (χ1) is 16.4. The quantitative estimate of drug-likeness (QED) is 0.354. The molecule has 0 bridgehead atoms. The van der Waals surface area contributed by atoms with Gasteiger partial charge in [0.25, 0.3) is 0 Å². The standard InChI is InChI=1S/C27H32N2O5/c1-3-4-5-10-17-29(2)26(32)24(15-16-25(30)31)28-27(33)34-18-23-21-13-8-6-11-19(21)20-12-7-9-14-22(20)23/h3,6-9,11-14,23-24H,1,4-5,10,15-18H2,2H3,(H,28,33)(H,30,31). The van der Waals surface area contributed by atoms with E-state index in [9.17, 15) is 14.4 Å². The molecule has 1 unspecified atom stereocenters. The van der Waals surface area contributed by atoms with Crippen molar-refractivity contribution in [3.8, 4) is 11.1 Å². The number of benzene rings is 2. The van der Waals surface area contributed by atoms with Crippen molar-refractivity contribution in [2.24, 2.45) is 0 Å². The first-order valence-corrected chi connectivity index (χ1v) is 11.6. The number of nitrogens with one attached hydrogen (secondary N) is 1. The van der Waals surface area contributed by atoms with Crippen molar-refractivity contribution in [1.29, 1.82) is 0 Å². The highest BCUT2D eigenvalue weighted by Crippen LogP contribution is 2.44. The molecule has 1 aliphatic carbocycles. The topological polar surface area (TPSA) is 95.9 Å². The number of ether oxygens (including phenoxy) is 1. The third kappa shape index (κ3) is 6.25. The summed E-state index contributed by atoms with van der Waals surface area (Å²) in [5.41, 5.74) is 4.43. The molecule has 0 fully saturated rings. The number of rotatable bonds is 12. The summed E-state index contributed by atoms with van der Waals surface area (Å²) in [6.45, 7) is 4.33. The number of likely N-dealkylation sites (N-methyl/N-ethyl adjacent to an activating group) is 1. The van der Waals surface area contributed by atoms with Gasteiger partial charge in [0.15, 0.2) is 0 Å². The van der Waals surface area contributed by atoms with E-state index < -0.39 is 18.1 Å². The number of carboxylic acid groups (broad SMARTS) is 1. The van der Waals surface area contributed by atoms with Crippen LogP contribution in [0.1, 0.15) is 49.1 Å². The molecule has 0 heterocycles. The summed E-state index contributed by atoms with van der Waals surface area (Å²) in [6, 6.07) is 15.1. The number of fused-ring (bicyclic) bond motifs is 3. The zero-order valence-electron chi connectivity index (χ0n) is 19.5. The predicted molar refractivity (Wildman–Crippen MR) is 131 cm³/mol. The summed E-state index contributed by atoms with van der Waals surface area (Å²) in [6.07, 6.45) is 3.43. The van der Waals surface area contributed by atoms with Crippen molar-refractivity contribution in [2.75, 3.05) is 20.2 Å². The number of hydrogen-bond acceptors (Lipinski definition) is 4. The fraction of sp³-hybridized carbons (Fsp3) is 0.370. The number of carbonyl (C=O) groups excluding carboxylic acids is 2. The predicted octanol–water partition coefficient (Wildman–Crippen LogP) is 4.57. The zero-order valence-corrected chi connectivity index (χ0v) is 19.5. The number of alkyl carbamates (subject to hydrolysis) is 1. The molecule has 1 aliphatic rings. The van der Waals surface area contributed by atoms with Gasteiger partial charge in [0.2, 0.25) is 5.91 Å². The second-order valence-electron chi connectivity index (χ2n) is 8.50. The Morgan fingerprint density at radius 3 is 2.29 bits per heavy atom. The molecule has 0 aliphatic heterocycles. The highest BCUT2D eigenvalue weighted by molar-refractivity contribution is 5.86. The molecule has 7 heteroatoms. The Morgan fingerprint density at radius 2 is 1.71 bits per heavy atom. The van der Waals surface area contributed by atoms with Crippen LogP contribution in [-0.4, -0.2) is 54.2 Å². The number of aliphatic carboxylic acids is 1. The van der Waals surface area contributed by atoms with Crippen LogP contribution in [0.25, 0.3) is 11.1 Å². The van der Waals surface area contributed by atoms with Crippen LogP contribution in [-0.2, 0) is 14.3 Å². The molecule has 2 aromatic carbocycles. The van der Waals surface area contributed by atoms with E-state index in [-0.39, 0.29) is 31.3 Å². The third-order valence-corrected chi connectivity index (χ3v) is 6.11. The molecule has 7 nitrogen and oxygen atoms in total. The molecular formula is C27H32N2O5. The maximum absolute atomic E-state index is 12.9. The molecule has 2 aromatic rings. The Morgan fingerprint density at radius 1 is 1.09 bits per heavy atom. The van der Waals surface area contributed by atoms with Crippen LogP contribution in [0.4, 0.5) is 4.79 Å². The molecule has 0 saturated heterocycles. The second kappa shape index (κ2) is 12.0. The molecule has 3 rings (SSSR count). The fourth-order valence-corrected chi connectivity index (χ4v) is 4.32. The van der Waals surface area contributed by atoms with Gasteiger partial charge in [0.1, 0.15) is 12.6 Å². The van der Waals surface area contributed by atoms with Gasteiger partial charge in [-0.15, -0.1) is 6.58 Å². The van der Waals surface area contributed by atoms with Crippen molar-refractivity contribution in [1.82, 2.24) is 10.2 Å². The van der Waals surface area contributed by atoms with E-state index in [2.05, 4.69) is 24.0 Å². The third-order valence-electron chi connectivity index (χ3n) is 6.11. The van der Waals surface area contributed by atoms with Gasteiger partial charge in [0, 0.05) is 25.9 Å². The van der Waals surface area contributed by atoms with Crippen molar-refractivity contribution >= 4 is 18.0 Å². The number of allylic oxidation sites excluding steroid dienone is 1. The van der Waals surface area contributed by atoms with E-state index in [4.69, 9.17) is 9.84 Å². The van der Waals surface area contributed by atoms with Crippen LogP contribution in [0.15, 0.2) is 61.2 Å². The Kier molecular flexibility index (Phi) is 8.85. The van der Waals surface area contributed by atoms with E-state index >= 15 is 0 Å². The second-order valence-corrected chi connectivity index (χ2v) is 8.50. The maximum Gasteiger partial charge on any atom is 0.407 e. The summed E-state index contributed by atoms with van der Waals surface area (Å²) in [7, 11) is 1.66. The molecule has 2 amide bonds. The van der Waals surface area contributed by atoms with Gasteiger partial charge in [-0.2, -0.15) is 0 Å². The summed E-state index contributed by atoms with van der Waals surface area (Å²) >= 11 is 0. The normalized spacial score (nSPS) is 12.9. The van der Waals surface area contributed by atoms with E-state index in [0.29, 0.717) is 6.54 Å². The van der Waals surface area contributed by atoms with Gasteiger partial charge in [-0.3, -0.25) is 9.59 Å². The van der Waals surface area contributed by atoms with Crippen LogP contribution in [0.2, 0.25) is 0 Å². The minimum absolute atomic E-state index is 0.00460. The van der Waals surface area contributed by atoms with Crippen molar-refractivity contribution in [3.63, 3.8) is 0 Å². The minimum Gasteiger partial charge on any atom is -0.481 e. The summed E-state index contributed by atoms with van der Waals surface area (Å²) in [5, 5.41) is 11.7. The van der Waals surface area contributed by atoms with Gasteiger partial charge >= 0.3 is 12.1 Å². The summed E-state index contributed by atoms with van der Waals surface area (Å²) in [5.74, 6) is -1.45. The van der Waals surface area contributed by atoms with Gasteiger partial charge in [0.05, 0.1) is 0 Å². The summed E-state index contributed by atoms with van der Waals surface area (Å²) in [4.78, 5) is 38.1. The Bertz CT molecular complexity index is 990. The molecule has 0 spiro atoms. The van der Waals surface area contributed by atoms with Gasteiger partial charge in [-0.25, -0.2) is 4.79 Å². The van der Waals surface area contributed by atoms with Crippen LogP contribution < -0.4 is 5.32 Å². The van der Waals surface area contributed by atoms with Crippen LogP contribution in [0.5, 0.6) is 0 Å². The lowest BCUT2D eigenvalue weighted by molar-refractivity contribution is -0.137. The Labute approximate surface area is 200 Å². The van der Waals surface area contributed by atoms with E-state index in [1.165, 1.54) is 4.90 Å². The minimum atomic E-state index is -1.03. The lowest BCUT2D eigenvalue weighted by atomic mass is 9.98. The summed E-state index contributed by atoms with van der Waals surface area (Å²) < 4.78 is 5.54. The average molecular weight is 465 g/mol. The largest absolute Gasteiger partial charge is 0.481 e. The lowest BCUT2D eigenvalue weighted by Gasteiger charge is -2.24. The average Bonchev–Trinajstić information content (AvgIpc) is 3.16. The van der Waals surface area contributed by atoms with Crippen molar-refractivity contribution < 1.29 is 24.2 Å². The van der Waals surface area contributed by atoms with Crippen LogP contribution >= 0.6 is 0 Å². The highest BCUT2D eigenvalue weighted by Gasteiger charge is 2.30. The first-order valence-electron chi connectivity index (χ1n) is 11.6. The molecule has 1 atom stereocenters. The molecule has 180 valence electrons. The molecule has 0 aromatic heterocycles. The number of hydrogen-bond donors (Lipinski definition) is 2. The fourth-order valence-electron chi connectivity index (χ4n) is 4.32.